The molecule has 0 saturated carbocycles. The molecule has 0 aromatic heterocycles. The normalized spacial score (nSPS) is 11.5. The third-order valence-electron chi connectivity index (χ3n) is 3.78. The van der Waals surface area contributed by atoms with Crippen LogP contribution < -0.4 is 11.5 Å². The van der Waals surface area contributed by atoms with Crippen LogP contribution in [0.25, 0.3) is 10.8 Å². The number of non-ortho nitro benzene ring substituents is 1. The number of fused-ring (bicyclic) bond motifs is 1. The summed E-state index contributed by atoms with van der Waals surface area (Å²) in [4.78, 5) is 9.32. The van der Waals surface area contributed by atoms with Crippen LogP contribution in [0.4, 0.5) is 28.4 Å². The van der Waals surface area contributed by atoms with E-state index in [0.29, 0.717) is 33.9 Å². The van der Waals surface area contributed by atoms with Gasteiger partial charge in [0, 0.05) is 63.8 Å². The van der Waals surface area contributed by atoms with Crippen molar-refractivity contribution >= 4 is 78.9 Å². The predicted molar refractivity (Wildman–Crippen MR) is 106 cm³/mol. The van der Waals surface area contributed by atoms with E-state index in [2.05, 4.69) is 10.2 Å². The van der Waals surface area contributed by atoms with Crippen molar-refractivity contribution in [3.05, 3.63) is 58.6 Å². The van der Waals surface area contributed by atoms with Gasteiger partial charge < -0.3 is 11.5 Å². The summed E-state index contributed by atoms with van der Waals surface area (Å²) in [5.74, 6) is 0. The van der Waals surface area contributed by atoms with Gasteiger partial charge in [0.15, 0.2) is 0 Å². The molecule has 12 heteroatoms. The number of nitrogens with two attached hydrogens (primary N) is 2. The maximum atomic E-state index is 11.5. The number of nitrogens with zero attached hydrogens (tertiary/aromatic N) is 3. The van der Waals surface area contributed by atoms with Gasteiger partial charge in [-0.05, 0) is 24.3 Å². The van der Waals surface area contributed by atoms with Gasteiger partial charge in [0.05, 0.1) is 10.6 Å². The fraction of sp³-hybridized carbons (Fsp3) is 0. The van der Waals surface area contributed by atoms with Crippen molar-refractivity contribution in [2.24, 2.45) is 10.2 Å². The minimum atomic E-state index is -4.75. The SMILES string of the molecule is Nc1cccc2c(N=Nc3ccc([N+](=O)[O-])cc3S(=O)(=O)O)ccc(N)c12.[Na]. The number of nitrogen functional groups attached to an aromatic ring is 2. The second-order valence-electron chi connectivity index (χ2n) is 5.53. The zero-order chi connectivity index (χ0) is 19.8. The van der Waals surface area contributed by atoms with Crippen LogP contribution in [0.1, 0.15) is 0 Å². The van der Waals surface area contributed by atoms with Gasteiger partial charge in [0.1, 0.15) is 10.6 Å². The average molecular weight is 410 g/mol. The fourth-order valence-electron chi connectivity index (χ4n) is 2.55. The molecule has 0 atom stereocenters. The third kappa shape index (κ3) is 4.29. The van der Waals surface area contributed by atoms with E-state index in [1.807, 2.05) is 0 Å². The van der Waals surface area contributed by atoms with Crippen molar-refractivity contribution in [2.75, 3.05) is 11.5 Å². The molecule has 3 aromatic rings. The number of benzene rings is 3. The number of azo groups is 1. The molecule has 1 radical (unpaired) electrons. The van der Waals surface area contributed by atoms with Crippen LogP contribution in [-0.2, 0) is 10.1 Å². The Morgan fingerprint density at radius 1 is 0.964 bits per heavy atom. The van der Waals surface area contributed by atoms with Gasteiger partial charge in [-0.3, -0.25) is 14.7 Å². The van der Waals surface area contributed by atoms with Gasteiger partial charge in [0.2, 0.25) is 0 Å². The first-order chi connectivity index (χ1) is 12.7. The second kappa shape index (κ2) is 8.20. The zero-order valence-corrected chi connectivity index (χ0v) is 17.4. The minimum absolute atomic E-state index is 0. The summed E-state index contributed by atoms with van der Waals surface area (Å²) in [7, 11) is -4.75. The first-order valence-electron chi connectivity index (χ1n) is 7.43. The molecule has 0 spiro atoms. The Kier molecular flexibility index (Phi) is 6.37. The molecule has 0 aliphatic heterocycles. The summed E-state index contributed by atoms with van der Waals surface area (Å²) in [6.07, 6.45) is 0. The predicted octanol–water partition coefficient (Wildman–Crippen LogP) is 3.19. The van der Waals surface area contributed by atoms with Crippen LogP contribution in [0.5, 0.6) is 0 Å². The Hall–Kier alpha value is -2.57. The number of nitro groups is 1. The molecular weight excluding hydrogens is 397 g/mol. The molecule has 0 heterocycles. The van der Waals surface area contributed by atoms with Crippen LogP contribution >= 0.6 is 0 Å². The molecule has 0 saturated heterocycles. The van der Waals surface area contributed by atoms with Gasteiger partial charge >= 0.3 is 0 Å². The van der Waals surface area contributed by atoms with Gasteiger partial charge in [-0.25, -0.2) is 0 Å². The first-order valence-corrected chi connectivity index (χ1v) is 8.87. The summed E-state index contributed by atoms with van der Waals surface area (Å²) >= 11 is 0. The molecule has 0 fully saturated rings. The van der Waals surface area contributed by atoms with Gasteiger partial charge in [-0.2, -0.15) is 8.42 Å². The van der Waals surface area contributed by atoms with Crippen molar-refractivity contribution in [2.45, 2.75) is 4.90 Å². The van der Waals surface area contributed by atoms with Gasteiger partial charge in [-0.1, -0.05) is 12.1 Å². The summed E-state index contributed by atoms with van der Waals surface area (Å²) in [6, 6.07) is 11.1. The number of hydrogen-bond donors (Lipinski definition) is 3. The van der Waals surface area contributed by atoms with E-state index < -0.39 is 25.6 Å². The largest absolute Gasteiger partial charge is 0.398 e. The second-order valence-corrected chi connectivity index (χ2v) is 6.92. The monoisotopic (exact) mass is 410 g/mol. The molecule has 5 N–H and O–H groups in total. The summed E-state index contributed by atoms with van der Waals surface area (Å²) in [5.41, 5.74) is 12.3. The Morgan fingerprint density at radius 3 is 2.21 bits per heavy atom. The van der Waals surface area contributed by atoms with E-state index >= 15 is 0 Å². The average Bonchev–Trinajstić information content (AvgIpc) is 2.60. The molecule has 3 rings (SSSR count). The molecule has 3 aromatic carbocycles. The van der Waals surface area contributed by atoms with Crippen LogP contribution in [-0.4, -0.2) is 47.5 Å². The van der Waals surface area contributed by atoms with Crippen LogP contribution in [0.3, 0.4) is 0 Å². The zero-order valence-electron chi connectivity index (χ0n) is 14.6. The molecule has 0 unspecified atom stereocenters. The first kappa shape index (κ1) is 21.7. The van der Waals surface area contributed by atoms with E-state index in [1.165, 1.54) is 0 Å². The van der Waals surface area contributed by atoms with Crippen molar-refractivity contribution in [1.29, 1.82) is 0 Å². The van der Waals surface area contributed by atoms with Crippen LogP contribution in [0, 0.1) is 10.1 Å². The quantitative estimate of drug-likeness (QED) is 0.148. The number of anilines is 2. The molecule has 0 bridgehead atoms. The van der Waals surface area contributed by atoms with Gasteiger partial charge in [0.25, 0.3) is 15.8 Å². The van der Waals surface area contributed by atoms with E-state index in [1.54, 1.807) is 30.3 Å². The van der Waals surface area contributed by atoms with Crippen molar-refractivity contribution < 1.29 is 17.9 Å². The van der Waals surface area contributed by atoms with Crippen molar-refractivity contribution in [3.8, 4) is 0 Å². The number of hydrogen-bond acceptors (Lipinski definition) is 8. The van der Waals surface area contributed by atoms with Gasteiger partial charge in [-0.15, -0.1) is 10.2 Å². The smallest absolute Gasteiger partial charge is 0.297 e. The van der Waals surface area contributed by atoms with Crippen molar-refractivity contribution in [3.63, 3.8) is 0 Å². The maximum Gasteiger partial charge on any atom is 0.297 e. The van der Waals surface area contributed by atoms with Crippen LogP contribution in [0.15, 0.2) is 63.7 Å². The molecule has 0 amide bonds. The summed E-state index contributed by atoms with van der Waals surface area (Å²) in [6.45, 7) is 0. The Bertz CT molecular complexity index is 1210. The summed E-state index contributed by atoms with van der Waals surface area (Å²) in [5, 5.41) is 19.8. The number of nitro benzene ring substituents is 1. The molecule has 0 aliphatic rings. The van der Waals surface area contributed by atoms with E-state index in [-0.39, 0.29) is 35.2 Å². The molecule has 0 aliphatic carbocycles. The molecule has 28 heavy (non-hydrogen) atoms. The van der Waals surface area contributed by atoms with Crippen LogP contribution in [0.2, 0.25) is 0 Å². The minimum Gasteiger partial charge on any atom is -0.398 e. The Morgan fingerprint density at radius 2 is 1.57 bits per heavy atom. The molecule has 10 nitrogen and oxygen atoms in total. The summed E-state index contributed by atoms with van der Waals surface area (Å²) < 4.78 is 32.4. The van der Waals surface area contributed by atoms with E-state index in [4.69, 9.17) is 11.5 Å². The standard InChI is InChI=1S/C16H13N5O5S.Na/c17-11-3-1-2-10-13(7-5-12(18)16(10)11)19-20-14-6-4-9(21(22)23)8-15(14)27(24,25)26;/h1-8H,17-18H2,(H,24,25,26);. The molecule has 139 valence electrons. The third-order valence-corrected chi connectivity index (χ3v) is 4.66. The van der Waals surface area contributed by atoms with E-state index in [0.717, 1.165) is 12.1 Å². The Labute approximate surface area is 181 Å². The molecular formula is C16H13N5NaO5S. The van der Waals surface area contributed by atoms with Crippen molar-refractivity contribution in [1.82, 2.24) is 0 Å². The topological polar surface area (TPSA) is 174 Å². The fourth-order valence-corrected chi connectivity index (χ4v) is 3.19. The van der Waals surface area contributed by atoms with E-state index in [9.17, 15) is 23.1 Å². The maximum absolute atomic E-state index is 11.5. The Balaban J connectivity index is 0.00000280. The number of rotatable bonds is 4.